The lowest BCUT2D eigenvalue weighted by molar-refractivity contribution is -0.127. The van der Waals surface area contributed by atoms with Gasteiger partial charge < -0.3 is 4.74 Å². The smallest absolute Gasteiger partial charge is 0.161 e. The first-order valence-corrected chi connectivity index (χ1v) is 5.86. The Labute approximate surface area is 88.0 Å². The van der Waals surface area contributed by atoms with Crippen LogP contribution in [0.4, 0.5) is 0 Å². The molecule has 1 unspecified atom stereocenters. The van der Waals surface area contributed by atoms with E-state index in [2.05, 4.69) is 20.8 Å². The van der Waals surface area contributed by atoms with Gasteiger partial charge in [0, 0.05) is 12.5 Å². The summed E-state index contributed by atoms with van der Waals surface area (Å²) in [4.78, 5) is 11.6. The number of hydrogen-bond donors (Lipinski definition) is 0. The molecule has 0 aromatic rings. The molecular formula is C12H24O2. The van der Waals surface area contributed by atoms with Crippen LogP contribution in [0.1, 0.15) is 52.9 Å². The number of carbonyl (C=O) groups excluding carboxylic acids is 1. The van der Waals surface area contributed by atoms with E-state index in [1.807, 2.05) is 0 Å². The summed E-state index contributed by atoms with van der Waals surface area (Å²) in [6.07, 6.45) is 5.28. The van der Waals surface area contributed by atoms with Gasteiger partial charge in [0.25, 0.3) is 0 Å². The topological polar surface area (TPSA) is 26.3 Å². The van der Waals surface area contributed by atoms with Crippen molar-refractivity contribution in [2.24, 2.45) is 5.92 Å². The van der Waals surface area contributed by atoms with Crippen LogP contribution in [0.5, 0.6) is 0 Å². The molecule has 0 rings (SSSR count). The molecule has 0 radical (unpaired) electrons. The fourth-order valence-corrected chi connectivity index (χ4v) is 1.48. The van der Waals surface area contributed by atoms with Crippen molar-refractivity contribution in [1.29, 1.82) is 0 Å². The molecule has 0 heterocycles. The van der Waals surface area contributed by atoms with E-state index in [0.717, 1.165) is 25.7 Å². The van der Waals surface area contributed by atoms with Gasteiger partial charge in [0.05, 0.1) is 0 Å². The van der Waals surface area contributed by atoms with Crippen molar-refractivity contribution in [2.45, 2.75) is 52.9 Å². The first-order chi connectivity index (χ1) is 6.76. The van der Waals surface area contributed by atoms with Gasteiger partial charge in [-0.05, 0) is 19.3 Å². The maximum Gasteiger partial charge on any atom is 0.161 e. The van der Waals surface area contributed by atoms with Crippen molar-refractivity contribution in [1.82, 2.24) is 0 Å². The average Bonchev–Trinajstić information content (AvgIpc) is 2.19. The summed E-state index contributed by atoms with van der Waals surface area (Å²) in [5, 5.41) is 0. The number of unbranched alkanes of at least 4 members (excludes halogenated alkanes) is 1. The van der Waals surface area contributed by atoms with Crippen molar-refractivity contribution in [2.75, 3.05) is 13.2 Å². The number of rotatable bonds is 9. The van der Waals surface area contributed by atoms with Crippen LogP contribution < -0.4 is 0 Å². The first-order valence-electron chi connectivity index (χ1n) is 5.86. The van der Waals surface area contributed by atoms with Gasteiger partial charge in [0.15, 0.2) is 5.78 Å². The van der Waals surface area contributed by atoms with E-state index in [0.29, 0.717) is 13.2 Å². The normalized spacial score (nSPS) is 12.8. The minimum absolute atomic E-state index is 0.229. The Morgan fingerprint density at radius 2 is 1.93 bits per heavy atom. The Morgan fingerprint density at radius 1 is 1.21 bits per heavy atom. The minimum Gasteiger partial charge on any atom is -0.374 e. The van der Waals surface area contributed by atoms with Crippen LogP contribution in [0.25, 0.3) is 0 Å². The molecule has 0 saturated carbocycles. The van der Waals surface area contributed by atoms with Crippen molar-refractivity contribution in [3.8, 4) is 0 Å². The van der Waals surface area contributed by atoms with Gasteiger partial charge in [-0.3, -0.25) is 4.79 Å². The van der Waals surface area contributed by atoms with Gasteiger partial charge in [0.1, 0.15) is 6.61 Å². The number of carbonyl (C=O) groups is 1. The maximum absolute atomic E-state index is 11.6. The van der Waals surface area contributed by atoms with Crippen LogP contribution in [0.3, 0.4) is 0 Å². The molecule has 0 amide bonds. The second-order valence-corrected chi connectivity index (χ2v) is 3.77. The van der Waals surface area contributed by atoms with Gasteiger partial charge in [0.2, 0.25) is 0 Å². The molecular weight excluding hydrogens is 176 g/mol. The third-order valence-electron chi connectivity index (χ3n) is 2.45. The Morgan fingerprint density at radius 3 is 2.43 bits per heavy atom. The molecule has 0 fully saturated rings. The van der Waals surface area contributed by atoms with Gasteiger partial charge in [-0.2, -0.15) is 0 Å². The quantitative estimate of drug-likeness (QED) is 0.534. The SMILES string of the molecule is CCCCC(CC)C(=O)COCCC. The lowest BCUT2D eigenvalue weighted by Gasteiger charge is -2.12. The van der Waals surface area contributed by atoms with E-state index in [4.69, 9.17) is 4.74 Å². The largest absolute Gasteiger partial charge is 0.374 e. The molecule has 2 heteroatoms. The van der Waals surface area contributed by atoms with Crippen LogP contribution >= 0.6 is 0 Å². The molecule has 0 aliphatic heterocycles. The number of ether oxygens (including phenoxy) is 1. The van der Waals surface area contributed by atoms with E-state index in [9.17, 15) is 4.79 Å². The summed E-state index contributed by atoms with van der Waals surface area (Å²) in [6.45, 7) is 7.31. The van der Waals surface area contributed by atoms with E-state index in [1.165, 1.54) is 6.42 Å². The van der Waals surface area contributed by atoms with Gasteiger partial charge >= 0.3 is 0 Å². The maximum atomic E-state index is 11.6. The van der Waals surface area contributed by atoms with E-state index in [1.54, 1.807) is 0 Å². The highest BCUT2D eigenvalue weighted by Gasteiger charge is 2.15. The monoisotopic (exact) mass is 200 g/mol. The van der Waals surface area contributed by atoms with Crippen molar-refractivity contribution >= 4 is 5.78 Å². The Hall–Kier alpha value is -0.370. The molecule has 0 bridgehead atoms. The summed E-state index contributed by atoms with van der Waals surface area (Å²) in [5.41, 5.74) is 0. The standard InChI is InChI=1S/C12H24O2/c1-4-7-8-11(6-3)12(13)10-14-9-5-2/h11H,4-10H2,1-3H3. The zero-order valence-electron chi connectivity index (χ0n) is 9.84. The second-order valence-electron chi connectivity index (χ2n) is 3.77. The molecule has 84 valence electrons. The molecule has 0 N–H and O–H groups in total. The summed E-state index contributed by atoms with van der Waals surface area (Å²) in [5.74, 6) is 0.515. The van der Waals surface area contributed by atoms with Crippen LogP contribution in [0, 0.1) is 5.92 Å². The van der Waals surface area contributed by atoms with Gasteiger partial charge in [-0.1, -0.05) is 33.6 Å². The molecule has 0 spiro atoms. The van der Waals surface area contributed by atoms with Crippen LogP contribution in [0.2, 0.25) is 0 Å². The third kappa shape index (κ3) is 6.14. The van der Waals surface area contributed by atoms with Crippen molar-refractivity contribution in [3.63, 3.8) is 0 Å². The second kappa shape index (κ2) is 9.20. The van der Waals surface area contributed by atoms with Crippen LogP contribution in [-0.2, 0) is 9.53 Å². The molecule has 0 aromatic carbocycles. The van der Waals surface area contributed by atoms with Crippen molar-refractivity contribution < 1.29 is 9.53 Å². The predicted octanol–water partition coefficient (Wildman–Crippen LogP) is 3.20. The Kier molecular flexibility index (Phi) is 8.95. The summed E-state index contributed by atoms with van der Waals surface area (Å²) >= 11 is 0. The highest BCUT2D eigenvalue weighted by atomic mass is 16.5. The minimum atomic E-state index is 0.229. The van der Waals surface area contributed by atoms with Crippen LogP contribution in [0.15, 0.2) is 0 Å². The molecule has 0 saturated heterocycles. The highest BCUT2D eigenvalue weighted by Crippen LogP contribution is 2.13. The van der Waals surface area contributed by atoms with Crippen LogP contribution in [-0.4, -0.2) is 19.0 Å². The first kappa shape index (κ1) is 13.6. The van der Waals surface area contributed by atoms with E-state index in [-0.39, 0.29) is 11.7 Å². The third-order valence-corrected chi connectivity index (χ3v) is 2.45. The number of Topliss-reactive ketones (excluding diaryl/α,β-unsaturated/α-hetero) is 1. The zero-order chi connectivity index (χ0) is 10.8. The summed E-state index contributed by atoms with van der Waals surface area (Å²) in [6, 6.07) is 0. The number of hydrogen-bond acceptors (Lipinski definition) is 2. The number of ketones is 1. The molecule has 1 atom stereocenters. The molecule has 2 nitrogen and oxygen atoms in total. The predicted molar refractivity (Wildman–Crippen MR) is 59.4 cm³/mol. The average molecular weight is 200 g/mol. The van der Waals surface area contributed by atoms with E-state index >= 15 is 0 Å². The molecule has 0 aliphatic rings. The lowest BCUT2D eigenvalue weighted by Crippen LogP contribution is -2.19. The molecule has 0 aromatic heterocycles. The summed E-state index contributed by atoms with van der Waals surface area (Å²) in [7, 11) is 0. The lowest BCUT2D eigenvalue weighted by atomic mass is 9.95. The van der Waals surface area contributed by atoms with Gasteiger partial charge in [-0.25, -0.2) is 0 Å². The van der Waals surface area contributed by atoms with Crippen molar-refractivity contribution in [3.05, 3.63) is 0 Å². The fraction of sp³-hybridized carbons (Fsp3) is 0.917. The zero-order valence-corrected chi connectivity index (χ0v) is 9.84. The highest BCUT2D eigenvalue weighted by molar-refractivity contribution is 5.82. The summed E-state index contributed by atoms with van der Waals surface area (Å²) < 4.78 is 5.26. The van der Waals surface area contributed by atoms with Gasteiger partial charge in [-0.15, -0.1) is 0 Å². The molecule has 14 heavy (non-hydrogen) atoms. The fourth-order valence-electron chi connectivity index (χ4n) is 1.48. The molecule has 0 aliphatic carbocycles. The Bertz CT molecular complexity index is 143. The van der Waals surface area contributed by atoms with E-state index < -0.39 is 0 Å². The Balaban J connectivity index is 3.67.